The first-order valence-electron chi connectivity index (χ1n) is 4.84. The van der Waals surface area contributed by atoms with Crippen molar-refractivity contribution >= 4 is 16.7 Å². The lowest BCUT2D eigenvalue weighted by molar-refractivity contribution is -0.129. The number of hydrogen-bond donors (Lipinski definition) is 2. The topological polar surface area (TPSA) is 58.2 Å². The molecule has 82 valence electrons. The molecular formula is C9H18N2O2S. The lowest BCUT2D eigenvalue weighted by Gasteiger charge is -2.21. The van der Waals surface area contributed by atoms with Gasteiger partial charge in [0.05, 0.1) is 5.41 Å². The van der Waals surface area contributed by atoms with E-state index in [-0.39, 0.29) is 11.3 Å². The van der Waals surface area contributed by atoms with E-state index in [2.05, 4.69) is 10.6 Å². The maximum atomic E-state index is 11.7. The Hall–Kier alpha value is -0.420. The van der Waals surface area contributed by atoms with E-state index in [0.717, 1.165) is 19.5 Å². The molecule has 5 heteroatoms. The average molecular weight is 218 g/mol. The largest absolute Gasteiger partial charge is 0.355 e. The van der Waals surface area contributed by atoms with Gasteiger partial charge in [-0.3, -0.25) is 9.00 Å². The molecular weight excluding hydrogens is 200 g/mol. The van der Waals surface area contributed by atoms with Gasteiger partial charge >= 0.3 is 0 Å². The van der Waals surface area contributed by atoms with Crippen LogP contribution in [0.15, 0.2) is 0 Å². The van der Waals surface area contributed by atoms with E-state index in [9.17, 15) is 9.00 Å². The van der Waals surface area contributed by atoms with E-state index in [1.165, 1.54) is 0 Å². The third-order valence-corrected chi connectivity index (χ3v) is 3.37. The molecule has 0 bridgehead atoms. The van der Waals surface area contributed by atoms with E-state index in [0.29, 0.717) is 12.3 Å². The second kappa shape index (κ2) is 4.89. The van der Waals surface area contributed by atoms with E-state index >= 15 is 0 Å². The Morgan fingerprint density at radius 1 is 1.64 bits per heavy atom. The highest BCUT2D eigenvalue weighted by molar-refractivity contribution is 7.84. The van der Waals surface area contributed by atoms with Crippen molar-refractivity contribution in [1.82, 2.24) is 10.6 Å². The second-order valence-electron chi connectivity index (χ2n) is 4.02. The van der Waals surface area contributed by atoms with Crippen molar-refractivity contribution in [1.29, 1.82) is 0 Å². The van der Waals surface area contributed by atoms with Gasteiger partial charge in [0.25, 0.3) is 0 Å². The first-order chi connectivity index (χ1) is 6.54. The molecule has 2 N–H and O–H groups in total. The zero-order chi connectivity index (χ0) is 10.6. The van der Waals surface area contributed by atoms with Crippen LogP contribution >= 0.6 is 0 Å². The third-order valence-electron chi connectivity index (χ3n) is 2.59. The Labute approximate surface area is 87.3 Å². The van der Waals surface area contributed by atoms with Crippen LogP contribution in [0.5, 0.6) is 0 Å². The molecule has 0 radical (unpaired) electrons. The number of amides is 1. The van der Waals surface area contributed by atoms with E-state index < -0.39 is 10.8 Å². The van der Waals surface area contributed by atoms with E-state index in [1.807, 2.05) is 6.92 Å². The van der Waals surface area contributed by atoms with Crippen LogP contribution in [0.3, 0.4) is 0 Å². The quantitative estimate of drug-likeness (QED) is 0.667. The van der Waals surface area contributed by atoms with Crippen molar-refractivity contribution in [2.75, 3.05) is 31.6 Å². The summed E-state index contributed by atoms with van der Waals surface area (Å²) in [6.07, 6.45) is 2.53. The molecule has 0 spiro atoms. The summed E-state index contributed by atoms with van der Waals surface area (Å²) in [7, 11) is -0.827. The minimum Gasteiger partial charge on any atom is -0.355 e. The average Bonchev–Trinajstić information content (AvgIpc) is 2.52. The molecule has 0 aromatic rings. The summed E-state index contributed by atoms with van der Waals surface area (Å²) in [5.41, 5.74) is -0.269. The Morgan fingerprint density at radius 3 is 2.86 bits per heavy atom. The van der Waals surface area contributed by atoms with Gasteiger partial charge < -0.3 is 10.6 Å². The van der Waals surface area contributed by atoms with Gasteiger partial charge in [-0.1, -0.05) is 0 Å². The Kier molecular flexibility index (Phi) is 4.07. The highest BCUT2D eigenvalue weighted by Gasteiger charge is 2.35. The zero-order valence-corrected chi connectivity index (χ0v) is 9.58. The van der Waals surface area contributed by atoms with Crippen LogP contribution in [0.1, 0.15) is 13.3 Å². The van der Waals surface area contributed by atoms with Gasteiger partial charge in [0, 0.05) is 35.9 Å². The molecule has 1 aliphatic rings. The van der Waals surface area contributed by atoms with Crippen LogP contribution < -0.4 is 10.6 Å². The monoisotopic (exact) mass is 218 g/mol. The summed E-state index contributed by atoms with van der Waals surface area (Å²) in [4.78, 5) is 11.7. The number of nitrogens with one attached hydrogen (secondary N) is 2. The fourth-order valence-electron chi connectivity index (χ4n) is 1.53. The first-order valence-corrected chi connectivity index (χ1v) is 6.56. The number of hydrogen-bond acceptors (Lipinski definition) is 3. The summed E-state index contributed by atoms with van der Waals surface area (Å²) in [6.45, 7) is 4.13. The highest BCUT2D eigenvalue weighted by atomic mass is 32.2. The summed E-state index contributed by atoms with van der Waals surface area (Å²) in [6, 6.07) is 0. The molecule has 2 unspecified atom stereocenters. The van der Waals surface area contributed by atoms with Gasteiger partial charge in [0.2, 0.25) is 5.91 Å². The number of carbonyl (C=O) groups is 1. The predicted molar refractivity (Wildman–Crippen MR) is 57.5 cm³/mol. The Morgan fingerprint density at radius 2 is 2.36 bits per heavy atom. The lowest BCUT2D eigenvalue weighted by Crippen LogP contribution is -2.41. The predicted octanol–water partition coefficient (Wildman–Crippen LogP) is -0.519. The maximum Gasteiger partial charge on any atom is 0.227 e. The van der Waals surface area contributed by atoms with Gasteiger partial charge in [0.1, 0.15) is 0 Å². The highest BCUT2D eigenvalue weighted by Crippen LogP contribution is 2.24. The lowest BCUT2D eigenvalue weighted by atomic mass is 9.89. The summed E-state index contributed by atoms with van der Waals surface area (Å²) < 4.78 is 10.8. The number of carbonyl (C=O) groups excluding carboxylic acids is 1. The van der Waals surface area contributed by atoms with Crippen molar-refractivity contribution in [2.45, 2.75) is 13.3 Å². The SMILES string of the molecule is CS(=O)CCNC(=O)C1(C)CCNC1. The molecule has 1 aliphatic heterocycles. The molecule has 0 aromatic carbocycles. The van der Waals surface area contributed by atoms with Crippen LogP contribution in [-0.2, 0) is 15.6 Å². The third kappa shape index (κ3) is 3.06. The van der Waals surface area contributed by atoms with Crippen molar-refractivity contribution in [3.63, 3.8) is 0 Å². The van der Waals surface area contributed by atoms with Crippen LogP contribution in [0.4, 0.5) is 0 Å². The molecule has 1 saturated heterocycles. The van der Waals surface area contributed by atoms with Gasteiger partial charge in [-0.15, -0.1) is 0 Å². The fourth-order valence-corrected chi connectivity index (χ4v) is 1.92. The molecule has 4 nitrogen and oxygen atoms in total. The van der Waals surface area contributed by atoms with Gasteiger partial charge in [-0.25, -0.2) is 0 Å². The minimum atomic E-state index is -0.827. The number of rotatable bonds is 4. The van der Waals surface area contributed by atoms with Crippen molar-refractivity contribution < 1.29 is 9.00 Å². The fraction of sp³-hybridized carbons (Fsp3) is 0.889. The Balaban J connectivity index is 2.30. The van der Waals surface area contributed by atoms with Crippen LogP contribution in [0, 0.1) is 5.41 Å². The summed E-state index contributed by atoms with van der Waals surface area (Å²) >= 11 is 0. The van der Waals surface area contributed by atoms with E-state index in [1.54, 1.807) is 6.26 Å². The van der Waals surface area contributed by atoms with Crippen LogP contribution in [0.25, 0.3) is 0 Å². The molecule has 0 aliphatic carbocycles. The summed E-state index contributed by atoms with van der Waals surface area (Å²) in [5, 5.41) is 6.00. The molecule has 1 amide bonds. The standard InChI is InChI=1S/C9H18N2O2S/c1-9(3-4-10-7-9)8(12)11-5-6-14(2)13/h10H,3-7H2,1-2H3,(H,11,12). The summed E-state index contributed by atoms with van der Waals surface area (Å²) in [5.74, 6) is 0.614. The normalized spacial score (nSPS) is 28.7. The van der Waals surface area contributed by atoms with Crippen molar-refractivity contribution in [3.05, 3.63) is 0 Å². The van der Waals surface area contributed by atoms with Gasteiger partial charge in [-0.05, 0) is 19.9 Å². The molecule has 14 heavy (non-hydrogen) atoms. The first kappa shape index (κ1) is 11.7. The van der Waals surface area contributed by atoms with Crippen molar-refractivity contribution in [2.24, 2.45) is 5.41 Å². The molecule has 1 heterocycles. The smallest absolute Gasteiger partial charge is 0.227 e. The zero-order valence-electron chi connectivity index (χ0n) is 8.76. The van der Waals surface area contributed by atoms with Crippen LogP contribution in [-0.4, -0.2) is 41.8 Å². The molecule has 0 aromatic heterocycles. The van der Waals surface area contributed by atoms with Crippen molar-refractivity contribution in [3.8, 4) is 0 Å². The van der Waals surface area contributed by atoms with E-state index in [4.69, 9.17) is 0 Å². The van der Waals surface area contributed by atoms with Crippen LogP contribution in [0.2, 0.25) is 0 Å². The molecule has 1 rings (SSSR count). The maximum absolute atomic E-state index is 11.7. The minimum absolute atomic E-state index is 0.0768. The molecule has 0 saturated carbocycles. The second-order valence-corrected chi connectivity index (χ2v) is 5.58. The molecule has 1 fully saturated rings. The van der Waals surface area contributed by atoms with Gasteiger partial charge in [-0.2, -0.15) is 0 Å². The van der Waals surface area contributed by atoms with Gasteiger partial charge in [0.15, 0.2) is 0 Å². The Bertz CT molecular complexity index is 237. The molecule has 2 atom stereocenters.